The normalized spacial score (nSPS) is 14.5. The number of carbonyl (C=O) groups is 9. The summed E-state index contributed by atoms with van der Waals surface area (Å²) in [6, 6.07) is 3.84. The number of thiazole rings is 1. The van der Waals surface area contributed by atoms with E-state index in [-0.39, 0.29) is 92.5 Å². The van der Waals surface area contributed by atoms with Crippen LogP contribution in [0.1, 0.15) is 140 Å². The van der Waals surface area contributed by atoms with E-state index in [9.17, 15) is 43.2 Å². The van der Waals surface area contributed by atoms with E-state index in [1.165, 1.54) is 32.7 Å². The Morgan fingerprint density at radius 1 is 0.793 bits per heavy atom. The number of unbranched alkanes of at least 4 members (excludes halogenated alkanes) is 1. The summed E-state index contributed by atoms with van der Waals surface area (Å²) in [7, 11) is 5.15. The molecule has 0 spiro atoms. The Morgan fingerprint density at radius 2 is 1.45 bits per heavy atom. The molecule has 7 N–H and O–H groups in total. The topological polar surface area (TPSA) is 285 Å². The molecule has 4 unspecified atom stereocenters. The molecule has 8 atom stereocenters. The summed E-state index contributed by atoms with van der Waals surface area (Å²) >= 11 is 2.51. The molecule has 2 rings (SSSR count). The maximum Gasteiger partial charge on any atom is 0.303 e. The Morgan fingerprint density at radius 3 is 2.05 bits per heavy atom. The van der Waals surface area contributed by atoms with E-state index < -0.39 is 77.4 Å². The number of rotatable bonds is 39. The van der Waals surface area contributed by atoms with Crippen molar-refractivity contribution in [1.82, 2.24) is 52.0 Å². The van der Waals surface area contributed by atoms with Crippen LogP contribution in [0.4, 0.5) is 0 Å². The molecule has 0 saturated heterocycles. The first-order chi connectivity index (χ1) is 38.7. The zero-order valence-electron chi connectivity index (χ0n) is 51.2. The molecule has 2 aromatic rings. The van der Waals surface area contributed by atoms with Crippen molar-refractivity contribution in [2.75, 3.05) is 79.2 Å². The van der Waals surface area contributed by atoms with Crippen LogP contribution in [0.2, 0.25) is 0 Å². The Bertz CT molecular complexity index is 2350. The van der Waals surface area contributed by atoms with Gasteiger partial charge in [-0.3, -0.25) is 48.1 Å². The molecule has 0 aliphatic rings. The van der Waals surface area contributed by atoms with E-state index in [1.54, 1.807) is 56.3 Å². The Balaban J connectivity index is 2.32. The molecule has 1 aromatic heterocycles. The van der Waals surface area contributed by atoms with Gasteiger partial charge in [-0.1, -0.05) is 70.9 Å². The van der Waals surface area contributed by atoms with E-state index in [2.05, 4.69) is 37.2 Å². The molecule has 1 aromatic carbocycles. The zero-order chi connectivity index (χ0) is 61.7. The average molecular weight is 1190 g/mol. The lowest BCUT2D eigenvalue weighted by Crippen LogP contribution is -2.60. The van der Waals surface area contributed by atoms with Gasteiger partial charge in [-0.15, -0.1) is 11.3 Å². The maximum atomic E-state index is 14.6. The molecule has 462 valence electrons. The third-order valence-corrected chi connectivity index (χ3v) is 15.9. The largest absolute Gasteiger partial charge is 0.455 e. The van der Waals surface area contributed by atoms with Crippen LogP contribution in [-0.2, 0) is 59.0 Å². The zero-order valence-corrected chi connectivity index (χ0v) is 52.9. The third-order valence-electron chi connectivity index (χ3n) is 14.4. The minimum absolute atomic E-state index is 0.0630. The number of methoxy groups -OCH3 is 1. The van der Waals surface area contributed by atoms with Crippen molar-refractivity contribution < 1.29 is 57.4 Å². The lowest BCUT2D eigenvalue weighted by atomic mass is 9.91. The first-order valence-electron chi connectivity index (χ1n) is 28.5. The van der Waals surface area contributed by atoms with Gasteiger partial charge in [-0.05, 0) is 104 Å². The van der Waals surface area contributed by atoms with Crippen molar-refractivity contribution in [1.29, 1.82) is 0 Å². The number of nitrogens with one attached hydrogen (secondary N) is 7. The highest BCUT2D eigenvalue weighted by Crippen LogP contribution is 2.32. The van der Waals surface area contributed by atoms with Crippen LogP contribution in [0.3, 0.4) is 0 Å². The summed E-state index contributed by atoms with van der Waals surface area (Å²) in [6.07, 6.45) is 3.33. The lowest BCUT2D eigenvalue weighted by molar-refractivity contribution is -0.150. The number of likely N-dealkylation sites (N-methyl/N-ethyl adjacent to an activating group) is 2. The molecule has 0 aliphatic heterocycles. The molecule has 0 aliphatic carbocycles. The summed E-state index contributed by atoms with van der Waals surface area (Å²) in [5, 5.41) is 21.8. The van der Waals surface area contributed by atoms with Gasteiger partial charge in [0.1, 0.15) is 35.4 Å². The number of thioether (sulfide) groups is 1. The number of hydrogen-bond donors (Lipinski definition) is 7. The standard InChI is InChI=1S/C58H96N10O12S2/c1-16-38(6)50(66-57(77)58(10,11)67(12)13)56(76)68(17-2)46(36(3)4)32-47(80-41(9)69)55-65-45(34-82-55)54(75)63-43(31-42-23-21-37(5)22-24-42)30-39(7)51(72)62-40(8)52(73)64-44(53(74)61-27-26-60-49(71)35-81-15)20-18-19-25-59-48(70)33-79-29-28-78-14/h21-24,34,36,38-40,43-44,46-47,50H,16-20,25-33,35H2,1-15H3,(H,59,70)(H,60,71)(H,61,74)(H,62,72)(H,63,75)(H,64,73)(H,66,77)/t38?,39?,40?,43-,44?,46-,47-,50+/m1/s1. The summed E-state index contributed by atoms with van der Waals surface area (Å²) in [5.41, 5.74) is 1.11. The predicted molar refractivity (Wildman–Crippen MR) is 320 cm³/mol. The van der Waals surface area contributed by atoms with E-state index in [0.717, 1.165) is 22.5 Å². The molecular formula is C58H96N10O12S2. The van der Waals surface area contributed by atoms with Gasteiger partial charge in [-0.2, -0.15) is 11.8 Å². The van der Waals surface area contributed by atoms with Crippen LogP contribution in [0.5, 0.6) is 0 Å². The van der Waals surface area contributed by atoms with Crippen LogP contribution < -0.4 is 37.2 Å². The quantitative estimate of drug-likeness (QED) is 0.0367. The molecule has 22 nitrogen and oxygen atoms in total. The molecule has 24 heteroatoms. The number of amides is 8. The molecule has 1 heterocycles. The van der Waals surface area contributed by atoms with Gasteiger partial charge in [0.15, 0.2) is 6.10 Å². The smallest absolute Gasteiger partial charge is 0.303 e. The molecule has 82 heavy (non-hydrogen) atoms. The summed E-state index contributed by atoms with van der Waals surface area (Å²) < 4.78 is 16.1. The van der Waals surface area contributed by atoms with Crippen molar-refractivity contribution in [3.8, 4) is 0 Å². The van der Waals surface area contributed by atoms with Crippen LogP contribution in [0.25, 0.3) is 0 Å². The second-order valence-electron chi connectivity index (χ2n) is 21.9. The van der Waals surface area contributed by atoms with Crippen LogP contribution in [-0.4, -0.2) is 183 Å². The van der Waals surface area contributed by atoms with Gasteiger partial charge in [0.2, 0.25) is 41.4 Å². The number of ether oxygens (including phenoxy) is 3. The first kappa shape index (κ1) is 72.4. The van der Waals surface area contributed by atoms with Gasteiger partial charge >= 0.3 is 5.97 Å². The number of hydrogen-bond acceptors (Lipinski definition) is 16. The number of nitrogens with zero attached hydrogens (tertiary/aromatic N) is 3. The fraction of sp³-hybridized carbons (Fsp3) is 0.690. The molecule has 0 saturated carbocycles. The third kappa shape index (κ3) is 25.4. The monoisotopic (exact) mass is 1190 g/mol. The van der Waals surface area contributed by atoms with Crippen molar-refractivity contribution in [3.05, 3.63) is 51.5 Å². The van der Waals surface area contributed by atoms with Gasteiger partial charge in [0.05, 0.1) is 24.5 Å². The maximum absolute atomic E-state index is 14.6. The highest BCUT2D eigenvalue weighted by Gasteiger charge is 2.40. The van der Waals surface area contributed by atoms with Gasteiger partial charge in [0.25, 0.3) is 5.91 Å². The highest BCUT2D eigenvalue weighted by atomic mass is 32.2. The first-order valence-corrected chi connectivity index (χ1v) is 30.7. The highest BCUT2D eigenvalue weighted by molar-refractivity contribution is 7.99. The van der Waals surface area contributed by atoms with E-state index in [4.69, 9.17) is 19.2 Å². The van der Waals surface area contributed by atoms with Gasteiger partial charge in [-0.25, -0.2) is 4.98 Å². The summed E-state index contributed by atoms with van der Waals surface area (Å²) in [5.74, 6) is -4.43. The fourth-order valence-electron chi connectivity index (χ4n) is 8.59. The van der Waals surface area contributed by atoms with E-state index in [1.807, 2.05) is 65.8 Å². The predicted octanol–water partition coefficient (Wildman–Crippen LogP) is 4.09. The van der Waals surface area contributed by atoms with Crippen LogP contribution in [0, 0.1) is 24.7 Å². The summed E-state index contributed by atoms with van der Waals surface area (Å²) in [6.45, 7) is 21.2. The Hall–Kier alpha value is -5.69. The second kappa shape index (κ2) is 37.5. The average Bonchev–Trinajstić information content (AvgIpc) is 3.94. The molecule has 0 radical (unpaired) electrons. The number of benzene rings is 1. The number of aryl methyl sites for hydroxylation is 1. The number of carbonyl (C=O) groups excluding carboxylic acids is 9. The second-order valence-corrected chi connectivity index (χ2v) is 23.6. The van der Waals surface area contributed by atoms with E-state index >= 15 is 0 Å². The summed E-state index contributed by atoms with van der Waals surface area (Å²) in [4.78, 5) is 128. The van der Waals surface area contributed by atoms with Gasteiger partial charge < -0.3 is 56.3 Å². The van der Waals surface area contributed by atoms with Crippen molar-refractivity contribution >= 4 is 76.3 Å². The minimum Gasteiger partial charge on any atom is -0.455 e. The number of esters is 1. The fourth-order valence-corrected chi connectivity index (χ4v) is 9.79. The SMILES string of the molecule is CCC(C)[C@H](NC(=O)C(C)(C)N(C)C)C(=O)N(CC)[C@H](C[C@@H](OC(C)=O)c1nc(C(=O)N[C@@H](Cc2ccc(C)cc2)CC(C)C(=O)NC(C)C(=O)NC(CCCCNC(=O)COCCOC)C(=O)NCCNC(=O)CSC)cs1)C(C)C. The molecular weight excluding hydrogens is 1090 g/mol. The number of aromatic nitrogens is 1. The Labute approximate surface area is 495 Å². The van der Waals surface area contributed by atoms with Crippen LogP contribution in [0.15, 0.2) is 29.6 Å². The van der Waals surface area contributed by atoms with Crippen molar-refractivity contribution in [2.24, 2.45) is 17.8 Å². The minimum atomic E-state index is -1.07. The van der Waals surface area contributed by atoms with E-state index in [0.29, 0.717) is 50.4 Å². The van der Waals surface area contributed by atoms with Gasteiger partial charge in [0, 0.05) is 70.0 Å². The molecule has 0 bridgehead atoms. The van der Waals surface area contributed by atoms with Crippen molar-refractivity contribution in [3.63, 3.8) is 0 Å². The van der Waals surface area contributed by atoms with Crippen molar-refractivity contribution in [2.45, 2.75) is 163 Å². The lowest BCUT2D eigenvalue weighted by Gasteiger charge is -2.40. The molecule has 8 amide bonds. The molecule has 0 fully saturated rings. The Kier molecular flexibility index (Phi) is 33.1. The van der Waals surface area contributed by atoms with Crippen LogP contribution >= 0.6 is 23.1 Å².